The molecule has 376 valence electrons. The summed E-state index contributed by atoms with van der Waals surface area (Å²) < 4.78 is 51.0. The Labute approximate surface area is 388 Å². The van der Waals surface area contributed by atoms with Gasteiger partial charge in [-0.3, -0.25) is 9.59 Å². The largest absolute Gasteiger partial charge is 0.466 e. The van der Waals surface area contributed by atoms with Crippen LogP contribution in [0.3, 0.4) is 0 Å². The van der Waals surface area contributed by atoms with Crippen LogP contribution in [0.25, 0.3) is 0 Å². The summed E-state index contributed by atoms with van der Waals surface area (Å²) in [5, 5.41) is 50.5. The number of carbonyl (C=O) groups excluding carboxylic acids is 2. The van der Waals surface area contributed by atoms with E-state index in [4.69, 9.17) is 37.6 Å². The van der Waals surface area contributed by atoms with Crippen molar-refractivity contribution in [2.75, 3.05) is 47.9 Å². The molecule has 3 fully saturated rings. The quantitative estimate of drug-likeness (QED) is 0.140. The van der Waals surface area contributed by atoms with E-state index in [1.165, 1.54) is 14.0 Å². The van der Waals surface area contributed by atoms with Crippen LogP contribution in [-0.4, -0.2) is 180 Å². The molecule has 18 unspecified atom stereocenters. The number of rotatable bonds is 13. The summed E-state index contributed by atoms with van der Waals surface area (Å²) >= 11 is 0. The second-order valence-electron chi connectivity index (χ2n) is 20.4. The van der Waals surface area contributed by atoms with E-state index in [1.54, 1.807) is 54.5 Å². The van der Waals surface area contributed by atoms with E-state index in [0.717, 1.165) is 0 Å². The molecular formula is C48H85N3O14. The molecule has 1 aromatic heterocycles. The van der Waals surface area contributed by atoms with Crippen molar-refractivity contribution in [1.82, 2.24) is 15.1 Å². The molecule has 4 rings (SSSR count). The normalized spacial score (nSPS) is 42.0. The highest BCUT2D eigenvalue weighted by molar-refractivity contribution is 5.95. The van der Waals surface area contributed by atoms with Crippen LogP contribution in [0.1, 0.15) is 123 Å². The number of cyclic esters (lactones) is 1. The van der Waals surface area contributed by atoms with Crippen molar-refractivity contribution in [3.63, 3.8) is 0 Å². The lowest BCUT2D eigenvalue weighted by Crippen LogP contribution is -2.61. The summed E-state index contributed by atoms with van der Waals surface area (Å²) in [6.45, 7) is 22.4. The summed E-state index contributed by atoms with van der Waals surface area (Å²) in [6, 6.07) is 0.997. The molecule has 1 amide bonds. The fourth-order valence-corrected chi connectivity index (χ4v) is 10.3. The predicted octanol–water partition coefficient (Wildman–Crippen LogP) is 3.95. The topological polar surface area (TPSA) is 211 Å². The van der Waals surface area contributed by atoms with Gasteiger partial charge in [0.15, 0.2) is 12.6 Å². The number of ether oxygens (including phenoxy) is 7. The second kappa shape index (κ2) is 22.9. The van der Waals surface area contributed by atoms with Crippen LogP contribution < -0.4 is 5.32 Å². The molecule has 17 nitrogen and oxygen atoms in total. The van der Waals surface area contributed by atoms with Crippen molar-refractivity contribution in [3.05, 3.63) is 23.2 Å². The number of likely N-dealkylation sites (N-methyl/N-ethyl adjacent to an activating group) is 2. The molecule has 1 aromatic rings. The van der Waals surface area contributed by atoms with Crippen LogP contribution in [0.5, 0.6) is 0 Å². The Kier molecular flexibility index (Phi) is 19.5. The molecule has 0 saturated carbocycles. The summed E-state index contributed by atoms with van der Waals surface area (Å²) in [5.74, 6) is -1.67. The predicted molar refractivity (Wildman–Crippen MR) is 243 cm³/mol. The van der Waals surface area contributed by atoms with Crippen molar-refractivity contribution < 1.29 is 67.6 Å². The van der Waals surface area contributed by atoms with Gasteiger partial charge in [-0.1, -0.05) is 20.8 Å². The number of hydrogen-bond acceptors (Lipinski definition) is 16. The third kappa shape index (κ3) is 13.3. The van der Waals surface area contributed by atoms with Gasteiger partial charge in [-0.15, -0.1) is 0 Å². The first kappa shape index (κ1) is 55.3. The second-order valence-corrected chi connectivity index (χ2v) is 20.4. The molecule has 5 N–H and O–H groups in total. The van der Waals surface area contributed by atoms with Crippen LogP contribution in [0.4, 0.5) is 0 Å². The summed E-state index contributed by atoms with van der Waals surface area (Å²) in [6.07, 6.45) is -7.32. The van der Waals surface area contributed by atoms with Gasteiger partial charge in [-0.05, 0) is 121 Å². The number of hydrogen-bond donors (Lipinski definition) is 5. The van der Waals surface area contributed by atoms with Gasteiger partial charge in [-0.25, -0.2) is 0 Å². The van der Waals surface area contributed by atoms with Crippen molar-refractivity contribution in [1.29, 1.82) is 0 Å². The molecular weight excluding hydrogens is 843 g/mol. The summed E-state index contributed by atoms with van der Waals surface area (Å²) in [4.78, 5) is 31.4. The zero-order chi connectivity index (χ0) is 48.9. The Morgan fingerprint density at radius 2 is 1.65 bits per heavy atom. The van der Waals surface area contributed by atoms with E-state index in [9.17, 15) is 30.0 Å². The van der Waals surface area contributed by atoms with Crippen LogP contribution >= 0.6 is 0 Å². The fourth-order valence-electron chi connectivity index (χ4n) is 10.3. The van der Waals surface area contributed by atoms with Gasteiger partial charge in [0, 0.05) is 51.2 Å². The Balaban J connectivity index is 1.76. The average molecular weight is 928 g/mol. The Morgan fingerprint density at radius 3 is 2.23 bits per heavy atom. The molecule has 0 radical (unpaired) electrons. The molecule has 4 heterocycles. The van der Waals surface area contributed by atoms with E-state index >= 15 is 0 Å². The molecule has 0 aromatic carbocycles. The Bertz CT molecular complexity index is 1670. The number of esters is 1. The third-order valence-electron chi connectivity index (χ3n) is 14.4. The standard InChI is InChI=1S/C48H85N3O14/c1-17-36-48(12,57)40(52)31(7)51(15)25-26(2)23-46(10,56)42(29(5)38(30(6)44(55)63-36)64-37-24-47(11,58-16)41(53)33(9)62-37)65-45-39(35(50(13)14)22-28(4)61-45)59-20-18-19-49-43(54)34-21-27(3)60-32(34)8/h21,26,28-31,33,35-42,45,52-53,56-57H,17-20,22-25H2,1-16H3,(H,49,54). The van der Waals surface area contributed by atoms with Crippen molar-refractivity contribution in [3.8, 4) is 0 Å². The highest BCUT2D eigenvalue weighted by Crippen LogP contribution is 2.40. The number of nitrogens with one attached hydrogen (secondary N) is 1. The van der Waals surface area contributed by atoms with Crippen molar-refractivity contribution >= 4 is 11.9 Å². The van der Waals surface area contributed by atoms with Crippen LogP contribution in [-0.2, 0) is 38.0 Å². The van der Waals surface area contributed by atoms with E-state index in [2.05, 4.69) is 10.2 Å². The summed E-state index contributed by atoms with van der Waals surface area (Å²) in [5.41, 5.74) is -3.97. The number of aliphatic hydroxyl groups excluding tert-OH is 2. The van der Waals surface area contributed by atoms with Gasteiger partial charge >= 0.3 is 5.97 Å². The SMILES string of the molecule is CCC1OC(=O)C(C)C(OC2CC(C)(OC)C(O)C(C)O2)C(C)C(OC2OC(C)CC(N(C)C)C2OCCCNC(=O)c2cc(C)oc2C)C(C)(O)CC(C)CN(C)C(C)C(O)C1(C)O. The molecule has 3 aliphatic heterocycles. The molecule has 17 heteroatoms. The maximum absolute atomic E-state index is 14.5. The first-order valence-corrected chi connectivity index (χ1v) is 23.7. The maximum Gasteiger partial charge on any atom is 0.311 e. The van der Waals surface area contributed by atoms with Crippen molar-refractivity contribution in [2.45, 2.75) is 205 Å². The third-order valence-corrected chi connectivity index (χ3v) is 14.4. The zero-order valence-electron chi connectivity index (χ0n) is 42.2. The number of amides is 1. The van der Waals surface area contributed by atoms with E-state index in [-0.39, 0.29) is 49.8 Å². The van der Waals surface area contributed by atoms with Crippen LogP contribution in [0, 0.1) is 31.6 Å². The minimum absolute atomic E-state index is 0.118. The summed E-state index contributed by atoms with van der Waals surface area (Å²) in [7, 11) is 7.31. The lowest BCUT2D eigenvalue weighted by atomic mass is 9.77. The number of furan rings is 1. The maximum atomic E-state index is 14.5. The van der Waals surface area contributed by atoms with Gasteiger partial charge in [0.2, 0.25) is 0 Å². The number of aliphatic hydroxyl groups is 4. The zero-order valence-corrected chi connectivity index (χ0v) is 42.2. The van der Waals surface area contributed by atoms with Crippen LogP contribution in [0.15, 0.2) is 10.5 Å². The molecule has 3 aliphatic rings. The first-order chi connectivity index (χ1) is 30.2. The van der Waals surface area contributed by atoms with Gasteiger partial charge in [0.25, 0.3) is 5.91 Å². The molecule has 18 atom stereocenters. The number of aryl methyl sites for hydroxylation is 2. The molecule has 3 saturated heterocycles. The molecule has 0 spiro atoms. The Hall–Kier alpha value is -2.26. The lowest BCUT2D eigenvalue weighted by Gasteiger charge is -2.49. The minimum atomic E-state index is -1.82. The van der Waals surface area contributed by atoms with E-state index < -0.39 is 96.0 Å². The lowest BCUT2D eigenvalue weighted by molar-refractivity contribution is -0.321. The minimum Gasteiger partial charge on any atom is -0.466 e. The number of methoxy groups -OCH3 is 1. The Morgan fingerprint density at radius 1 is 0.985 bits per heavy atom. The molecule has 0 bridgehead atoms. The van der Waals surface area contributed by atoms with Gasteiger partial charge in [0.05, 0.1) is 47.1 Å². The van der Waals surface area contributed by atoms with Gasteiger partial charge in [-0.2, -0.15) is 0 Å². The monoisotopic (exact) mass is 928 g/mol. The average Bonchev–Trinajstić information content (AvgIpc) is 3.58. The highest BCUT2D eigenvalue weighted by atomic mass is 16.7. The van der Waals surface area contributed by atoms with Crippen LogP contribution in [0.2, 0.25) is 0 Å². The van der Waals surface area contributed by atoms with Gasteiger partial charge in [0.1, 0.15) is 41.5 Å². The number of nitrogens with zero attached hydrogens (tertiary/aromatic N) is 2. The van der Waals surface area contributed by atoms with E-state index in [1.807, 2.05) is 53.7 Å². The fraction of sp³-hybridized carbons (Fsp3) is 0.875. The number of carbonyl (C=O) groups is 2. The highest BCUT2D eigenvalue weighted by Gasteiger charge is 2.53. The molecule has 65 heavy (non-hydrogen) atoms. The van der Waals surface area contributed by atoms with Gasteiger partial charge < -0.3 is 73.1 Å². The van der Waals surface area contributed by atoms with E-state index in [0.29, 0.717) is 43.0 Å². The smallest absolute Gasteiger partial charge is 0.311 e. The molecule has 0 aliphatic carbocycles. The first-order valence-electron chi connectivity index (χ1n) is 23.7. The van der Waals surface area contributed by atoms with Crippen molar-refractivity contribution in [2.24, 2.45) is 17.8 Å².